The number of anilines is 1. The summed E-state index contributed by atoms with van der Waals surface area (Å²) >= 11 is 5.88. The summed E-state index contributed by atoms with van der Waals surface area (Å²) in [5.74, 6) is -1.03. The quantitative estimate of drug-likeness (QED) is 0.682. The Balaban J connectivity index is 1.85. The standard InChI is InChI=1S/C19H16ClN3O4/c1-12(24)27-10-18(25)22-15-6-7-17-16(8-15)19(26)23(11-21-17)9-13-2-4-14(20)5-3-13/h2-8,11H,9-10H2,1H3,(H,22,25). The van der Waals surface area contributed by atoms with Crippen molar-refractivity contribution in [3.8, 4) is 0 Å². The van der Waals surface area contributed by atoms with Gasteiger partial charge in [-0.1, -0.05) is 23.7 Å². The molecule has 7 nitrogen and oxygen atoms in total. The van der Waals surface area contributed by atoms with E-state index >= 15 is 0 Å². The number of benzene rings is 2. The number of esters is 1. The molecule has 0 aliphatic heterocycles. The summed E-state index contributed by atoms with van der Waals surface area (Å²) in [4.78, 5) is 39.6. The fraction of sp³-hybridized carbons (Fsp3) is 0.158. The predicted octanol–water partition coefficient (Wildman–Crippen LogP) is 2.60. The molecular weight excluding hydrogens is 370 g/mol. The maximum atomic E-state index is 12.8. The average Bonchev–Trinajstić information content (AvgIpc) is 2.64. The number of nitrogens with one attached hydrogen (secondary N) is 1. The van der Waals surface area contributed by atoms with Crippen molar-refractivity contribution < 1.29 is 14.3 Å². The molecule has 0 spiro atoms. The zero-order valence-electron chi connectivity index (χ0n) is 14.4. The summed E-state index contributed by atoms with van der Waals surface area (Å²) in [5, 5.41) is 3.58. The minimum atomic E-state index is -0.544. The number of amides is 1. The van der Waals surface area contributed by atoms with Crippen molar-refractivity contribution in [1.82, 2.24) is 9.55 Å². The van der Waals surface area contributed by atoms with E-state index in [0.717, 1.165) is 5.56 Å². The van der Waals surface area contributed by atoms with Gasteiger partial charge >= 0.3 is 5.97 Å². The molecule has 27 heavy (non-hydrogen) atoms. The molecule has 0 unspecified atom stereocenters. The molecule has 1 amide bonds. The first-order valence-corrected chi connectivity index (χ1v) is 8.47. The minimum Gasteiger partial charge on any atom is -0.456 e. The highest BCUT2D eigenvalue weighted by molar-refractivity contribution is 6.30. The van der Waals surface area contributed by atoms with Crippen molar-refractivity contribution in [3.05, 3.63) is 69.7 Å². The molecule has 0 aliphatic rings. The van der Waals surface area contributed by atoms with Crippen LogP contribution in [0.3, 0.4) is 0 Å². The third-order valence-corrected chi connectivity index (χ3v) is 4.03. The Morgan fingerprint density at radius 3 is 2.63 bits per heavy atom. The third kappa shape index (κ3) is 4.71. The molecule has 0 atom stereocenters. The molecular formula is C19H16ClN3O4. The van der Waals surface area contributed by atoms with Crippen molar-refractivity contribution in [1.29, 1.82) is 0 Å². The largest absolute Gasteiger partial charge is 0.456 e. The van der Waals surface area contributed by atoms with Crippen LogP contribution in [0.1, 0.15) is 12.5 Å². The van der Waals surface area contributed by atoms with Crippen LogP contribution in [0.15, 0.2) is 53.6 Å². The molecule has 8 heteroatoms. The van der Waals surface area contributed by atoms with Crippen LogP contribution >= 0.6 is 11.6 Å². The summed E-state index contributed by atoms with van der Waals surface area (Å²) < 4.78 is 6.12. The number of nitrogens with zero attached hydrogens (tertiary/aromatic N) is 2. The highest BCUT2D eigenvalue weighted by Crippen LogP contribution is 2.15. The Morgan fingerprint density at radius 1 is 1.19 bits per heavy atom. The van der Waals surface area contributed by atoms with Crippen molar-refractivity contribution >= 4 is 40.1 Å². The van der Waals surface area contributed by atoms with E-state index in [2.05, 4.69) is 15.0 Å². The molecule has 3 rings (SSSR count). The second-order valence-electron chi connectivity index (χ2n) is 5.86. The number of aromatic nitrogens is 2. The van der Waals surface area contributed by atoms with Gasteiger partial charge in [0.2, 0.25) is 0 Å². The monoisotopic (exact) mass is 385 g/mol. The second kappa shape index (κ2) is 8.01. The van der Waals surface area contributed by atoms with E-state index < -0.39 is 11.9 Å². The number of hydrogen-bond donors (Lipinski definition) is 1. The molecule has 0 aliphatic carbocycles. The van der Waals surface area contributed by atoms with E-state index in [1.807, 2.05) is 12.1 Å². The van der Waals surface area contributed by atoms with E-state index in [4.69, 9.17) is 11.6 Å². The highest BCUT2D eigenvalue weighted by Gasteiger charge is 2.09. The minimum absolute atomic E-state index is 0.231. The SMILES string of the molecule is CC(=O)OCC(=O)Nc1ccc2ncn(Cc3ccc(Cl)cc3)c(=O)c2c1. The van der Waals surface area contributed by atoms with Gasteiger partial charge in [-0.15, -0.1) is 0 Å². The van der Waals surface area contributed by atoms with Gasteiger partial charge in [0.1, 0.15) is 0 Å². The van der Waals surface area contributed by atoms with Crippen molar-refractivity contribution in [2.45, 2.75) is 13.5 Å². The van der Waals surface area contributed by atoms with E-state index in [1.54, 1.807) is 30.3 Å². The first-order chi connectivity index (χ1) is 12.9. The van der Waals surface area contributed by atoms with Crippen LogP contribution in [-0.4, -0.2) is 28.0 Å². The third-order valence-electron chi connectivity index (χ3n) is 3.78. The number of hydrogen-bond acceptors (Lipinski definition) is 5. The zero-order valence-corrected chi connectivity index (χ0v) is 15.2. The predicted molar refractivity (Wildman–Crippen MR) is 102 cm³/mol. The van der Waals surface area contributed by atoms with Crippen LogP contribution in [0, 0.1) is 0 Å². The van der Waals surface area contributed by atoms with E-state index in [-0.39, 0.29) is 12.2 Å². The number of carbonyl (C=O) groups is 2. The van der Waals surface area contributed by atoms with Gasteiger partial charge < -0.3 is 10.1 Å². The van der Waals surface area contributed by atoms with E-state index in [1.165, 1.54) is 17.8 Å². The molecule has 0 saturated heterocycles. The summed E-state index contributed by atoms with van der Waals surface area (Å²) in [7, 11) is 0. The first-order valence-electron chi connectivity index (χ1n) is 8.09. The molecule has 0 bridgehead atoms. The molecule has 0 fully saturated rings. The fourth-order valence-electron chi connectivity index (χ4n) is 2.50. The number of carbonyl (C=O) groups excluding carboxylic acids is 2. The van der Waals surface area contributed by atoms with Gasteiger partial charge in [0.15, 0.2) is 6.61 Å². The Labute approximate surface area is 159 Å². The summed E-state index contributed by atoms with van der Waals surface area (Å²) in [6.07, 6.45) is 1.48. The van der Waals surface area contributed by atoms with E-state index in [9.17, 15) is 14.4 Å². The zero-order chi connectivity index (χ0) is 19.4. The number of ether oxygens (including phenoxy) is 1. The number of fused-ring (bicyclic) bond motifs is 1. The summed E-state index contributed by atoms with van der Waals surface area (Å²) in [6.45, 7) is 1.18. The van der Waals surface area contributed by atoms with Crippen LogP contribution in [0.4, 0.5) is 5.69 Å². The molecule has 1 heterocycles. The second-order valence-corrected chi connectivity index (χ2v) is 6.30. The van der Waals surface area contributed by atoms with Crippen molar-refractivity contribution in [2.24, 2.45) is 0 Å². The number of rotatable bonds is 5. The number of halogens is 1. The van der Waals surface area contributed by atoms with Gasteiger partial charge in [-0.05, 0) is 35.9 Å². The van der Waals surface area contributed by atoms with Crippen LogP contribution in [0.25, 0.3) is 10.9 Å². The van der Waals surface area contributed by atoms with E-state index in [0.29, 0.717) is 28.2 Å². The van der Waals surface area contributed by atoms with Gasteiger partial charge in [-0.25, -0.2) is 4.98 Å². The molecule has 1 N–H and O–H groups in total. The Hall–Kier alpha value is -3.19. The molecule has 1 aromatic heterocycles. The van der Waals surface area contributed by atoms with Crippen LogP contribution in [0.5, 0.6) is 0 Å². The molecule has 2 aromatic carbocycles. The maximum absolute atomic E-state index is 12.8. The summed E-state index contributed by atoms with van der Waals surface area (Å²) in [5.41, 5.74) is 1.62. The van der Waals surface area contributed by atoms with Gasteiger partial charge in [0.25, 0.3) is 11.5 Å². The van der Waals surface area contributed by atoms with Gasteiger partial charge in [0.05, 0.1) is 23.8 Å². The summed E-state index contributed by atoms with van der Waals surface area (Å²) in [6, 6.07) is 12.0. The lowest BCUT2D eigenvalue weighted by atomic mass is 10.2. The average molecular weight is 386 g/mol. The lowest BCUT2D eigenvalue weighted by Crippen LogP contribution is -2.22. The van der Waals surface area contributed by atoms with Gasteiger partial charge in [-0.2, -0.15) is 0 Å². The first kappa shape index (κ1) is 18.6. The Morgan fingerprint density at radius 2 is 1.93 bits per heavy atom. The highest BCUT2D eigenvalue weighted by atomic mass is 35.5. The van der Waals surface area contributed by atoms with Crippen LogP contribution in [-0.2, 0) is 20.9 Å². The smallest absolute Gasteiger partial charge is 0.303 e. The van der Waals surface area contributed by atoms with Crippen molar-refractivity contribution in [3.63, 3.8) is 0 Å². The van der Waals surface area contributed by atoms with Gasteiger partial charge in [-0.3, -0.25) is 19.0 Å². The molecule has 138 valence electrons. The Bertz CT molecular complexity index is 1060. The maximum Gasteiger partial charge on any atom is 0.303 e. The van der Waals surface area contributed by atoms with Gasteiger partial charge in [0, 0.05) is 17.6 Å². The lowest BCUT2D eigenvalue weighted by Gasteiger charge is -2.09. The van der Waals surface area contributed by atoms with Crippen molar-refractivity contribution in [2.75, 3.05) is 11.9 Å². The van der Waals surface area contributed by atoms with Crippen LogP contribution in [0.2, 0.25) is 5.02 Å². The molecule has 3 aromatic rings. The lowest BCUT2D eigenvalue weighted by molar-refractivity contribution is -0.144. The fourth-order valence-corrected chi connectivity index (χ4v) is 2.63. The molecule has 0 saturated carbocycles. The van der Waals surface area contributed by atoms with Crippen LogP contribution < -0.4 is 10.9 Å². The Kier molecular flexibility index (Phi) is 5.52. The molecule has 0 radical (unpaired) electrons. The normalized spacial score (nSPS) is 10.6. The topological polar surface area (TPSA) is 90.3 Å².